The zero-order chi connectivity index (χ0) is 14.5. The summed E-state index contributed by atoms with van der Waals surface area (Å²) in [6.07, 6.45) is 0.875. The van der Waals surface area contributed by atoms with Gasteiger partial charge in [-0.25, -0.2) is 4.39 Å². The van der Waals surface area contributed by atoms with Crippen LogP contribution in [-0.4, -0.2) is 6.54 Å². The molecule has 0 aliphatic rings. The molecule has 1 atom stereocenters. The Kier molecular flexibility index (Phi) is 5.54. The van der Waals surface area contributed by atoms with Gasteiger partial charge in [-0.3, -0.25) is 0 Å². The summed E-state index contributed by atoms with van der Waals surface area (Å²) in [5.74, 6) is -0.166. The van der Waals surface area contributed by atoms with Crippen LogP contribution in [0.3, 0.4) is 0 Å². The van der Waals surface area contributed by atoms with Crippen molar-refractivity contribution in [2.75, 3.05) is 6.54 Å². The quantitative estimate of drug-likeness (QED) is 0.743. The molecule has 2 aromatic rings. The fraction of sp³-hybridized carbons (Fsp3) is 0.294. The Morgan fingerprint density at radius 3 is 2.60 bits per heavy atom. The summed E-state index contributed by atoms with van der Waals surface area (Å²) >= 11 is 2.37. The third-order valence-electron chi connectivity index (χ3n) is 3.46. The number of benzene rings is 2. The van der Waals surface area contributed by atoms with Crippen molar-refractivity contribution in [1.82, 2.24) is 5.32 Å². The van der Waals surface area contributed by atoms with Gasteiger partial charge in [0.25, 0.3) is 0 Å². The van der Waals surface area contributed by atoms with E-state index in [1.165, 1.54) is 14.7 Å². The number of hydrogen-bond acceptors (Lipinski definition) is 1. The van der Waals surface area contributed by atoms with Crippen molar-refractivity contribution in [2.45, 2.75) is 26.3 Å². The van der Waals surface area contributed by atoms with Crippen molar-refractivity contribution in [1.29, 1.82) is 0 Å². The lowest BCUT2D eigenvalue weighted by Crippen LogP contribution is -2.24. The van der Waals surface area contributed by atoms with E-state index in [9.17, 15) is 4.39 Å². The Balaban J connectivity index is 2.28. The molecule has 1 nitrogen and oxygen atoms in total. The van der Waals surface area contributed by atoms with E-state index in [4.69, 9.17) is 0 Å². The second-order valence-corrected chi connectivity index (χ2v) is 6.07. The van der Waals surface area contributed by atoms with Gasteiger partial charge >= 0.3 is 0 Å². The molecule has 0 saturated carbocycles. The molecule has 0 saturated heterocycles. The van der Waals surface area contributed by atoms with Crippen LogP contribution in [0.2, 0.25) is 0 Å². The number of aryl methyl sites for hydroxylation is 1. The predicted molar refractivity (Wildman–Crippen MR) is 90.4 cm³/mol. The largest absolute Gasteiger partial charge is 0.310 e. The Morgan fingerprint density at radius 1 is 1.20 bits per heavy atom. The topological polar surface area (TPSA) is 12.0 Å². The molecule has 0 heterocycles. The first-order valence-corrected chi connectivity index (χ1v) is 7.92. The zero-order valence-corrected chi connectivity index (χ0v) is 13.9. The Morgan fingerprint density at radius 2 is 1.95 bits per heavy atom. The summed E-state index contributed by atoms with van der Waals surface area (Å²) in [6.45, 7) is 4.99. The minimum absolute atomic E-state index is 0.166. The first-order chi connectivity index (χ1) is 9.61. The normalized spacial score (nSPS) is 12.4. The third kappa shape index (κ3) is 3.79. The third-order valence-corrected chi connectivity index (χ3v) is 4.44. The van der Waals surface area contributed by atoms with E-state index < -0.39 is 0 Å². The van der Waals surface area contributed by atoms with Gasteiger partial charge in [-0.15, -0.1) is 0 Å². The summed E-state index contributed by atoms with van der Waals surface area (Å²) in [5.41, 5.74) is 3.51. The lowest BCUT2D eigenvalue weighted by Gasteiger charge is -2.21. The summed E-state index contributed by atoms with van der Waals surface area (Å²) < 4.78 is 14.5. The van der Waals surface area contributed by atoms with Gasteiger partial charge in [-0.2, -0.15) is 0 Å². The first-order valence-electron chi connectivity index (χ1n) is 6.84. The molecule has 3 heteroatoms. The Bertz CT molecular complexity index is 583. The molecule has 2 aromatic carbocycles. The molecular weight excluding hydrogens is 364 g/mol. The molecule has 20 heavy (non-hydrogen) atoms. The number of nitrogens with one attached hydrogen (secondary N) is 1. The first kappa shape index (κ1) is 15.4. The fourth-order valence-electron chi connectivity index (χ4n) is 2.40. The fourth-order valence-corrected chi connectivity index (χ4v) is 3.17. The smallest absolute Gasteiger partial charge is 0.123 e. The van der Waals surface area contributed by atoms with Gasteiger partial charge < -0.3 is 5.32 Å². The number of halogens is 2. The molecule has 2 rings (SSSR count). The highest BCUT2D eigenvalue weighted by Gasteiger charge is 2.15. The van der Waals surface area contributed by atoms with Gasteiger partial charge in [0.15, 0.2) is 0 Å². The van der Waals surface area contributed by atoms with E-state index in [0.29, 0.717) is 0 Å². The molecule has 0 spiro atoms. The van der Waals surface area contributed by atoms with Crippen molar-refractivity contribution in [2.24, 2.45) is 0 Å². The van der Waals surface area contributed by atoms with Crippen molar-refractivity contribution in [3.8, 4) is 0 Å². The summed E-state index contributed by atoms with van der Waals surface area (Å²) in [4.78, 5) is 0. The molecular formula is C17H19FIN. The number of likely N-dealkylation sites (N-methyl/N-ethyl adjacent to an activating group) is 1. The molecule has 106 valence electrons. The molecule has 0 aliphatic carbocycles. The maximum Gasteiger partial charge on any atom is 0.123 e. The monoisotopic (exact) mass is 383 g/mol. The van der Waals surface area contributed by atoms with Gasteiger partial charge in [0, 0.05) is 9.61 Å². The number of hydrogen-bond donors (Lipinski definition) is 1. The van der Waals surface area contributed by atoms with Crippen LogP contribution in [0.5, 0.6) is 0 Å². The van der Waals surface area contributed by atoms with Crippen molar-refractivity contribution >= 4 is 22.6 Å². The second-order valence-electron chi connectivity index (χ2n) is 4.91. The standard InChI is InChI=1S/C17H19FIN/c1-3-20-17(15-6-4-5-7-16(15)19)11-13-8-9-14(18)10-12(13)2/h4-10,17,20H,3,11H2,1-2H3. The molecule has 0 bridgehead atoms. The SMILES string of the molecule is CCNC(Cc1ccc(F)cc1C)c1ccccc1I. The van der Waals surface area contributed by atoms with Gasteiger partial charge in [0.1, 0.15) is 5.82 Å². The highest BCUT2D eigenvalue weighted by Crippen LogP contribution is 2.25. The Hall–Kier alpha value is -0.940. The van der Waals surface area contributed by atoms with E-state index in [1.807, 2.05) is 13.0 Å². The van der Waals surface area contributed by atoms with Crippen molar-refractivity contribution in [3.63, 3.8) is 0 Å². The molecule has 0 radical (unpaired) electrons. The maximum absolute atomic E-state index is 13.2. The number of rotatable bonds is 5. The van der Waals surface area contributed by atoms with Crippen LogP contribution in [0.4, 0.5) is 4.39 Å². The van der Waals surface area contributed by atoms with Crippen LogP contribution in [0.15, 0.2) is 42.5 Å². The zero-order valence-electron chi connectivity index (χ0n) is 11.8. The highest BCUT2D eigenvalue weighted by molar-refractivity contribution is 14.1. The highest BCUT2D eigenvalue weighted by atomic mass is 127. The van der Waals surface area contributed by atoms with Gasteiger partial charge in [0.2, 0.25) is 0 Å². The molecule has 1 unspecified atom stereocenters. The van der Waals surface area contributed by atoms with E-state index >= 15 is 0 Å². The Labute approximate surface area is 133 Å². The summed E-state index contributed by atoms with van der Waals surface area (Å²) in [6, 6.07) is 13.7. The maximum atomic E-state index is 13.2. The van der Waals surface area contributed by atoms with E-state index in [2.05, 4.69) is 59.1 Å². The van der Waals surface area contributed by atoms with Crippen LogP contribution in [0.1, 0.15) is 29.7 Å². The molecule has 0 aromatic heterocycles. The average Bonchev–Trinajstić information content (AvgIpc) is 2.42. The second kappa shape index (κ2) is 7.18. The van der Waals surface area contributed by atoms with Crippen LogP contribution in [0.25, 0.3) is 0 Å². The minimum Gasteiger partial charge on any atom is -0.310 e. The van der Waals surface area contributed by atoms with Gasteiger partial charge in [-0.05, 0) is 77.4 Å². The van der Waals surface area contributed by atoms with E-state index in [-0.39, 0.29) is 11.9 Å². The average molecular weight is 383 g/mol. The van der Waals surface area contributed by atoms with Crippen LogP contribution >= 0.6 is 22.6 Å². The van der Waals surface area contributed by atoms with Crippen LogP contribution < -0.4 is 5.32 Å². The van der Waals surface area contributed by atoms with Crippen LogP contribution in [-0.2, 0) is 6.42 Å². The van der Waals surface area contributed by atoms with Crippen molar-refractivity contribution < 1.29 is 4.39 Å². The molecule has 0 aliphatic heterocycles. The van der Waals surface area contributed by atoms with Gasteiger partial charge in [-0.1, -0.05) is 31.2 Å². The van der Waals surface area contributed by atoms with E-state index in [0.717, 1.165) is 18.5 Å². The predicted octanol–water partition coefficient (Wildman–Crippen LogP) is 4.63. The van der Waals surface area contributed by atoms with Gasteiger partial charge in [0.05, 0.1) is 0 Å². The lowest BCUT2D eigenvalue weighted by molar-refractivity contribution is 0.545. The van der Waals surface area contributed by atoms with E-state index in [1.54, 1.807) is 12.1 Å². The molecule has 0 fully saturated rings. The summed E-state index contributed by atoms with van der Waals surface area (Å²) in [7, 11) is 0. The lowest BCUT2D eigenvalue weighted by atomic mass is 9.96. The molecule has 1 N–H and O–H groups in total. The molecule has 0 amide bonds. The van der Waals surface area contributed by atoms with Crippen molar-refractivity contribution in [3.05, 3.63) is 68.5 Å². The summed E-state index contributed by atoms with van der Waals surface area (Å²) in [5, 5.41) is 3.53. The minimum atomic E-state index is -0.166. The van der Waals surface area contributed by atoms with Crippen LogP contribution in [0, 0.1) is 16.3 Å².